The molecule has 4 rings (SSSR count). The van der Waals surface area contributed by atoms with Crippen LogP contribution in [0.25, 0.3) is 0 Å². The molecule has 1 aliphatic rings. The Morgan fingerprint density at radius 1 is 1.07 bits per heavy atom. The molecule has 8 heteroatoms. The van der Waals surface area contributed by atoms with Gasteiger partial charge in [0.2, 0.25) is 0 Å². The predicted molar refractivity (Wildman–Crippen MR) is 97.7 cm³/mol. The van der Waals surface area contributed by atoms with Crippen molar-refractivity contribution in [3.63, 3.8) is 0 Å². The van der Waals surface area contributed by atoms with E-state index in [2.05, 4.69) is 19.9 Å². The summed E-state index contributed by atoms with van der Waals surface area (Å²) in [4.78, 5) is 33.1. The van der Waals surface area contributed by atoms with Gasteiger partial charge in [-0.3, -0.25) is 4.79 Å². The van der Waals surface area contributed by atoms with Crippen LogP contribution in [0.4, 0.5) is 5.69 Å². The normalized spacial score (nSPS) is 19.2. The fraction of sp³-hybridized carbons (Fsp3) is 0.158. The third-order valence-corrected chi connectivity index (χ3v) is 4.69. The predicted octanol–water partition coefficient (Wildman–Crippen LogP) is 1.49. The van der Waals surface area contributed by atoms with Crippen LogP contribution in [0.3, 0.4) is 0 Å². The van der Waals surface area contributed by atoms with E-state index in [1.54, 1.807) is 24.5 Å². The average Bonchev–Trinajstić information content (AvgIpc) is 3.04. The summed E-state index contributed by atoms with van der Waals surface area (Å²) >= 11 is 0. The molecule has 3 N–H and O–H groups in total. The van der Waals surface area contributed by atoms with E-state index in [1.807, 2.05) is 24.3 Å². The minimum atomic E-state index is -1.11. The van der Waals surface area contributed by atoms with Crippen molar-refractivity contribution in [1.29, 1.82) is 0 Å². The van der Waals surface area contributed by atoms with Gasteiger partial charge in [0.25, 0.3) is 0 Å². The molecule has 3 heterocycles. The van der Waals surface area contributed by atoms with E-state index in [0.29, 0.717) is 17.1 Å². The number of aliphatic carboxylic acids is 1. The van der Waals surface area contributed by atoms with Gasteiger partial charge in [0, 0.05) is 12.4 Å². The Kier molecular flexibility index (Phi) is 4.17. The van der Waals surface area contributed by atoms with Gasteiger partial charge in [-0.05, 0) is 30.2 Å². The van der Waals surface area contributed by atoms with Crippen LogP contribution < -0.4 is 5.73 Å². The van der Waals surface area contributed by atoms with Gasteiger partial charge < -0.3 is 10.8 Å². The number of carboxylic acid groups (broad SMARTS) is 1. The summed E-state index contributed by atoms with van der Waals surface area (Å²) in [5.74, 6) is -1.09. The maximum atomic E-state index is 11.6. The lowest BCUT2D eigenvalue weighted by molar-refractivity contribution is -0.138. The van der Waals surface area contributed by atoms with Crippen molar-refractivity contribution < 1.29 is 9.90 Å². The van der Waals surface area contributed by atoms with Gasteiger partial charge in [-0.1, -0.05) is 18.2 Å². The van der Waals surface area contributed by atoms with Gasteiger partial charge >= 0.3 is 5.97 Å². The van der Waals surface area contributed by atoms with Gasteiger partial charge in [0.1, 0.15) is 18.7 Å². The van der Waals surface area contributed by atoms with Gasteiger partial charge in [-0.25, -0.2) is 24.9 Å². The number of nitrogens with two attached hydrogens (primary N) is 1. The molecule has 0 fully saturated rings. The van der Waals surface area contributed by atoms with Gasteiger partial charge in [0.05, 0.1) is 28.2 Å². The third kappa shape index (κ3) is 2.76. The highest BCUT2D eigenvalue weighted by Gasteiger charge is 2.49. The van der Waals surface area contributed by atoms with E-state index in [0.717, 1.165) is 11.3 Å². The van der Waals surface area contributed by atoms with Gasteiger partial charge in [-0.2, -0.15) is 0 Å². The van der Waals surface area contributed by atoms with Crippen molar-refractivity contribution in [2.75, 3.05) is 0 Å². The summed E-state index contributed by atoms with van der Waals surface area (Å²) in [6, 6.07) is 9.96. The van der Waals surface area contributed by atoms with Crippen LogP contribution in [0.2, 0.25) is 0 Å². The van der Waals surface area contributed by atoms with Gasteiger partial charge in [-0.15, -0.1) is 0 Å². The summed E-state index contributed by atoms with van der Waals surface area (Å²) in [5.41, 5.74) is 8.43. The molecule has 2 atom stereocenters. The van der Waals surface area contributed by atoms with Crippen LogP contribution in [-0.4, -0.2) is 42.8 Å². The highest BCUT2D eigenvalue weighted by Crippen LogP contribution is 2.48. The lowest BCUT2D eigenvalue weighted by Crippen LogP contribution is -2.45. The molecule has 2 unspecified atom stereocenters. The molecule has 0 aliphatic carbocycles. The van der Waals surface area contributed by atoms with Crippen molar-refractivity contribution in [1.82, 2.24) is 19.9 Å². The number of hydrogen-bond donors (Lipinski definition) is 2. The summed E-state index contributed by atoms with van der Waals surface area (Å²) < 4.78 is 0. The van der Waals surface area contributed by atoms with E-state index >= 15 is 0 Å². The molecule has 1 aromatic carbocycles. The van der Waals surface area contributed by atoms with Gasteiger partial charge in [0.15, 0.2) is 0 Å². The quantitative estimate of drug-likeness (QED) is 0.705. The minimum Gasteiger partial charge on any atom is -0.480 e. The first-order valence-electron chi connectivity index (χ1n) is 8.33. The van der Waals surface area contributed by atoms with Crippen LogP contribution in [-0.2, 0) is 10.2 Å². The number of benzene rings is 1. The van der Waals surface area contributed by atoms with Crippen molar-refractivity contribution in [2.45, 2.75) is 17.9 Å². The lowest BCUT2D eigenvalue weighted by atomic mass is 9.69. The molecule has 1 aliphatic heterocycles. The summed E-state index contributed by atoms with van der Waals surface area (Å²) in [5, 5.41) is 9.49. The number of carbonyl (C=O) groups is 1. The molecule has 0 radical (unpaired) electrons. The van der Waals surface area contributed by atoms with Crippen molar-refractivity contribution in [3.05, 3.63) is 78.4 Å². The molecular formula is C19H16N6O2. The number of hydrogen-bond acceptors (Lipinski definition) is 7. The third-order valence-electron chi connectivity index (χ3n) is 4.69. The minimum absolute atomic E-state index is 0.0825. The largest absolute Gasteiger partial charge is 0.480 e. The molecule has 134 valence electrons. The zero-order chi connectivity index (χ0) is 18.9. The fourth-order valence-corrected chi connectivity index (χ4v) is 3.51. The Balaban J connectivity index is 2.01. The van der Waals surface area contributed by atoms with Crippen molar-refractivity contribution >= 4 is 17.4 Å². The van der Waals surface area contributed by atoms with E-state index in [1.165, 1.54) is 12.7 Å². The zero-order valence-electron chi connectivity index (χ0n) is 14.2. The van der Waals surface area contributed by atoms with Crippen LogP contribution in [0.5, 0.6) is 0 Å². The van der Waals surface area contributed by atoms with Crippen LogP contribution >= 0.6 is 0 Å². The number of nitrogens with zero attached hydrogens (tertiary/aromatic N) is 5. The van der Waals surface area contributed by atoms with Crippen LogP contribution in [0.1, 0.15) is 23.4 Å². The summed E-state index contributed by atoms with van der Waals surface area (Å²) in [6.45, 7) is 0. The van der Waals surface area contributed by atoms with Crippen molar-refractivity contribution in [2.24, 2.45) is 10.7 Å². The summed E-state index contributed by atoms with van der Waals surface area (Å²) in [7, 11) is 0. The Bertz CT molecular complexity index is 1010. The van der Waals surface area contributed by atoms with E-state index in [9.17, 15) is 9.90 Å². The molecule has 8 nitrogen and oxygen atoms in total. The second-order valence-corrected chi connectivity index (χ2v) is 6.22. The smallest absolute Gasteiger partial charge is 0.320 e. The topological polar surface area (TPSA) is 127 Å². The fourth-order valence-electron chi connectivity index (χ4n) is 3.51. The molecule has 0 amide bonds. The Morgan fingerprint density at radius 3 is 2.48 bits per heavy atom. The number of rotatable bonds is 5. The average molecular weight is 360 g/mol. The second-order valence-electron chi connectivity index (χ2n) is 6.22. The number of aromatic nitrogens is 4. The summed E-state index contributed by atoms with van der Waals surface area (Å²) in [6.07, 6.45) is 6.19. The first-order chi connectivity index (χ1) is 13.1. The molecule has 3 aromatic rings. The Hall–Kier alpha value is -3.52. The highest BCUT2D eigenvalue weighted by molar-refractivity contribution is 6.13. The molecular weight excluding hydrogens is 344 g/mol. The lowest BCUT2D eigenvalue weighted by Gasteiger charge is -2.32. The standard InChI is InChI=1S/C19H16N6O2/c20-13(18(26)27)9-19(16-6-8-22-11-24-16)12-3-1-2-4-14(12)25-17(19)15-5-7-21-10-23-15/h1-8,10-11,13H,9,20H2,(H,26,27). The van der Waals surface area contributed by atoms with Crippen LogP contribution in [0.15, 0.2) is 66.4 Å². The number of fused-ring (bicyclic) bond motifs is 1. The van der Waals surface area contributed by atoms with Crippen molar-refractivity contribution in [3.8, 4) is 0 Å². The highest BCUT2D eigenvalue weighted by atomic mass is 16.4. The molecule has 2 aromatic heterocycles. The molecule has 27 heavy (non-hydrogen) atoms. The first-order valence-corrected chi connectivity index (χ1v) is 8.33. The SMILES string of the molecule is NC(CC1(c2ccncn2)C(c2ccncn2)=Nc2ccccc21)C(=O)O. The molecule has 0 saturated heterocycles. The molecule has 0 saturated carbocycles. The number of para-hydroxylation sites is 1. The van der Waals surface area contributed by atoms with Crippen LogP contribution in [0, 0.1) is 0 Å². The Morgan fingerprint density at radius 2 is 1.81 bits per heavy atom. The number of carboxylic acids is 1. The van der Waals surface area contributed by atoms with E-state index in [-0.39, 0.29) is 6.42 Å². The maximum Gasteiger partial charge on any atom is 0.320 e. The monoisotopic (exact) mass is 360 g/mol. The zero-order valence-corrected chi connectivity index (χ0v) is 14.2. The Labute approximate surface area is 154 Å². The first kappa shape index (κ1) is 16.9. The molecule has 0 spiro atoms. The maximum absolute atomic E-state index is 11.6. The molecule has 0 bridgehead atoms. The second kappa shape index (κ2) is 6.65. The van der Waals surface area contributed by atoms with E-state index < -0.39 is 17.4 Å². The number of aliphatic imine (C=N–C) groups is 1. The van der Waals surface area contributed by atoms with E-state index in [4.69, 9.17) is 10.7 Å².